The molecule has 40 heavy (non-hydrogen) atoms. The minimum Gasteiger partial charge on any atom is -0.614 e. The van der Waals surface area contributed by atoms with Crippen molar-refractivity contribution < 1.29 is 23.1 Å². The number of pyridine rings is 2. The zero-order valence-electron chi connectivity index (χ0n) is 22.3. The molecule has 0 saturated carbocycles. The Balaban J connectivity index is 1.69. The van der Waals surface area contributed by atoms with E-state index < -0.39 is 39.2 Å². The van der Waals surface area contributed by atoms with Crippen LogP contribution in [0.1, 0.15) is 37.9 Å². The number of aromatic nitrogens is 4. The van der Waals surface area contributed by atoms with Crippen LogP contribution in [-0.2, 0) is 26.3 Å². The largest absolute Gasteiger partial charge is 0.614 e. The fourth-order valence-electron chi connectivity index (χ4n) is 4.06. The molecule has 13 heteroatoms. The second-order valence-corrected chi connectivity index (χ2v) is 9.95. The molecule has 0 saturated heterocycles. The van der Waals surface area contributed by atoms with Gasteiger partial charge in [0.05, 0.1) is 17.6 Å². The number of quaternary nitrogens is 1. The first-order valence-corrected chi connectivity index (χ1v) is 12.4. The van der Waals surface area contributed by atoms with Crippen molar-refractivity contribution in [2.45, 2.75) is 39.7 Å². The van der Waals surface area contributed by atoms with Gasteiger partial charge >= 0.3 is 5.91 Å². The van der Waals surface area contributed by atoms with E-state index >= 15 is 0 Å². The zero-order chi connectivity index (χ0) is 29.4. The van der Waals surface area contributed by atoms with Gasteiger partial charge in [0, 0.05) is 50.1 Å². The molecule has 1 unspecified atom stereocenters. The second-order valence-electron chi connectivity index (χ2n) is 9.57. The van der Waals surface area contributed by atoms with Crippen LogP contribution in [0.2, 0.25) is 0 Å². The quantitative estimate of drug-likeness (QED) is 0.325. The van der Waals surface area contributed by atoms with Crippen molar-refractivity contribution in [2.24, 2.45) is 0 Å². The SMILES string of the molecule is CNC(=O)C(C)(C)c1nccc(-c2cc([N+]3([O-])C(=O)C(Cl)=C(OCc4ncc(F)cc4F)C=C3C)c(C)cn2)n1. The summed E-state index contributed by atoms with van der Waals surface area (Å²) in [6.07, 6.45) is 5.02. The summed E-state index contributed by atoms with van der Waals surface area (Å²) in [5.74, 6) is -3.01. The van der Waals surface area contributed by atoms with Gasteiger partial charge in [0.2, 0.25) is 5.91 Å². The first kappa shape index (κ1) is 28.9. The molecule has 208 valence electrons. The Morgan fingerprint density at radius 1 is 1.15 bits per heavy atom. The van der Waals surface area contributed by atoms with Gasteiger partial charge in [0.1, 0.15) is 35.1 Å². The minimum absolute atomic E-state index is 0.0151. The average Bonchev–Trinajstić information content (AvgIpc) is 2.93. The van der Waals surface area contributed by atoms with E-state index in [2.05, 4.69) is 25.3 Å². The van der Waals surface area contributed by atoms with Gasteiger partial charge in [-0.25, -0.2) is 28.2 Å². The van der Waals surface area contributed by atoms with Crippen LogP contribution in [0.5, 0.6) is 0 Å². The maximum Gasteiger partial charge on any atom is 0.370 e. The second kappa shape index (κ2) is 10.8. The molecule has 10 nitrogen and oxygen atoms in total. The van der Waals surface area contributed by atoms with Crippen molar-refractivity contribution in [2.75, 3.05) is 7.05 Å². The van der Waals surface area contributed by atoms with Gasteiger partial charge in [-0.2, -0.15) is 0 Å². The highest BCUT2D eigenvalue weighted by molar-refractivity contribution is 6.44. The number of nitrogens with zero attached hydrogens (tertiary/aromatic N) is 5. The third-order valence-electron chi connectivity index (χ3n) is 6.46. The molecule has 0 aromatic carbocycles. The number of nitrogens with one attached hydrogen (secondary N) is 1. The molecular formula is C27H25ClF2N6O4. The Bertz CT molecular complexity index is 1590. The van der Waals surface area contributed by atoms with E-state index in [-0.39, 0.29) is 40.3 Å². The van der Waals surface area contributed by atoms with Crippen LogP contribution in [0.25, 0.3) is 11.4 Å². The lowest BCUT2D eigenvalue weighted by atomic mass is 9.91. The topological polar surface area (TPSA) is 130 Å². The number of halogens is 3. The third-order valence-corrected chi connectivity index (χ3v) is 6.81. The van der Waals surface area contributed by atoms with E-state index in [0.29, 0.717) is 17.3 Å². The lowest BCUT2D eigenvalue weighted by Gasteiger charge is -2.41. The van der Waals surface area contributed by atoms with Crippen LogP contribution in [-0.4, -0.2) is 38.8 Å². The number of ether oxygens (including phenoxy) is 1. The Morgan fingerprint density at radius 3 is 2.55 bits per heavy atom. The molecule has 1 N–H and O–H groups in total. The number of hydrogen-bond acceptors (Lipinski definition) is 8. The molecule has 0 bridgehead atoms. The summed E-state index contributed by atoms with van der Waals surface area (Å²) in [7, 11) is 1.51. The molecule has 0 fully saturated rings. The average molecular weight is 571 g/mol. The number of amides is 2. The summed E-state index contributed by atoms with van der Waals surface area (Å²) in [6, 6.07) is 3.66. The summed E-state index contributed by atoms with van der Waals surface area (Å²) >= 11 is 6.28. The summed E-state index contributed by atoms with van der Waals surface area (Å²) < 4.78 is 31.0. The van der Waals surface area contributed by atoms with Gasteiger partial charge in [-0.15, -0.1) is 0 Å². The molecule has 0 radical (unpaired) electrons. The molecule has 0 aliphatic carbocycles. The predicted molar refractivity (Wildman–Crippen MR) is 143 cm³/mol. The normalized spacial score (nSPS) is 17.5. The first-order chi connectivity index (χ1) is 18.8. The van der Waals surface area contributed by atoms with Crippen molar-refractivity contribution >= 4 is 29.1 Å². The summed E-state index contributed by atoms with van der Waals surface area (Å²) in [5.41, 5.74) is -0.186. The molecule has 4 rings (SSSR count). The highest BCUT2D eigenvalue weighted by atomic mass is 35.5. The van der Waals surface area contributed by atoms with Crippen molar-refractivity contribution in [1.29, 1.82) is 0 Å². The molecule has 2 amide bonds. The van der Waals surface area contributed by atoms with Gasteiger partial charge in [-0.3, -0.25) is 14.8 Å². The third kappa shape index (κ3) is 5.08. The molecule has 1 aliphatic heterocycles. The lowest BCUT2D eigenvalue weighted by Crippen LogP contribution is -2.49. The molecule has 3 aromatic rings. The van der Waals surface area contributed by atoms with E-state index in [9.17, 15) is 23.6 Å². The van der Waals surface area contributed by atoms with E-state index in [4.69, 9.17) is 16.3 Å². The Kier molecular flexibility index (Phi) is 7.79. The van der Waals surface area contributed by atoms with Gasteiger partial charge in [0.15, 0.2) is 22.3 Å². The lowest BCUT2D eigenvalue weighted by molar-refractivity contribution is -0.125. The molecule has 1 atom stereocenters. The van der Waals surface area contributed by atoms with Crippen LogP contribution in [0.15, 0.2) is 59.4 Å². The van der Waals surface area contributed by atoms with E-state index in [0.717, 1.165) is 6.20 Å². The summed E-state index contributed by atoms with van der Waals surface area (Å²) in [4.78, 5) is 42.5. The predicted octanol–water partition coefficient (Wildman–Crippen LogP) is 4.46. The van der Waals surface area contributed by atoms with E-state index in [1.54, 1.807) is 26.8 Å². The van der Waals surface area contributed by atoms with Crippen molar-refractivity contribution in [3.63, 3.8) is 0 Å². The Labute approximate surface area is 233 Å². The highest BCUT2D eigenvalue weighted by Crippen LogP contribution is 2.40. The van der Waals surface area contributed by atoms with Gasteiger partial charge in [-0.1, -0.05) is 11.6 Å². The van der Waals surface area contributed by atoms with Crippen LogP contribution in [0, 0.1) is 23.8 Å². The number of rotatable bonds is 7. The number of allylic oxidation sites excluding steroid dienone is 2. The smallest absolute Gasteiger partial charge is 0.370 e. The fourth-order valence-corrected chi connectivity index (χ4v) is 4.28. The maximum absolute atomic E-state index is 14.2. The minimum atomic E-state index is -1.56. The van der Waals surface area contributed by atoms with Crippen LogP contribution in [0.4, 0.5) is 14.5 Å². The van der Waals surface area contributed by atoms with Crippen LogP contribution >= 0.6 is 11.6 Å². The number of carbonyl (C=O) groups excluding carboxylic acids is 2. The number of aryl methyl sites for hydroxylation is 1. The number of hydrogen-bond donors (Lipinski definition) is 1. The molecule has 3 aromatic heterocycles. The molecule has 0 spiro atoms. The fraction of sp³-hybridized carbons (Fsp3) is 0.259. The molecular weight excluding hydrogens is 546 g/mol. The number of carbonyl (C=O) groups is 2. The van der Waals surface area contributed by atoms with Crippen molar-refractivity contribution in [1.82, 2.24) is 29.9 Å². The van der Waals surface area contributed by atoms with Crippen LogP contribution < -0.4 is 9.96 Å². The van der Waals surface area contributed by atoms with E-state index in [1.807, 2.05) is 0 Å². The van der Waals surface area contributed by atoms with Gasteiger partial charge in [-0.05, 0) is 26.8 Å². The standard InChI is InChI=1S/C27H25ClF2N6O4/c1-14-11-33-19(18-6-7-32-25(35-18)27(3,4)26(38)31-5)10-21(14)36(39)15(2)8-22(23(28)24(36)37)40-13-20-17(30)9-16(29)12-34-20/h6-12H,13H2,1-5H3,(H,31,38). The zero-order valence-corrected chi connectivity index (χ0v) is 23.0. The van der Waals surface area contributed by atoms with Crippen molar-refractivity contribution in [3.8, 4) is 11.4 Å². The van der Waals surface area contributed by atoms with Crippen molar-refractivity contribution in [3.05, 3.63) is 93.3 Å². The summed E-state index contributed by atoms with van der Waals surface area (Å²) in [5, 5.41) is 16.3. The Morgan fingerprint density at radius 2 is 1.88 bits per heavy atom. The van der Waals surface area contributed by atoms with E-state index in [1.165, 1.54) is 38.5 Å². The van der Waals surface area contributed by atoms with Crippen LogP contribution in [0.3, 0.4) is 0 Å². The monoisotopic (exact) mass is 570 g/mol. The Hall–Kier alpha value is -4.13. The first-order valence-electron chi connectivity index (χ1n) is 12.0. The molecule has 1 aliphatic rings. The highest BCUT2D eigenvalue weighted by Gasteiger charge is 2.42. The number of likely N-dealkylation sites (N-methyl/N-ethyl adjacent to an activating group) is 1. The van der Waals surface area contributed by atoms with Gasteiger partial charge < -0.3 is 15.3 Å². The maximum atomic E-state index is 14.2. The summed E-state index contributed by atoms with van der Waals surface area (Å²) in [6.45, 7) is 5.95. The molecule has 4 heterocycles. The van der Waals surface area contributed by atoms with Gasteiger partial charge in [0.25, 0.3) is 0 Å². The number of hydroxylamine groups is 2.